The van der Waals surface area contributed by atoms with Gasteiger partial charge in [0.05, 0.1) is 0 Å². The SMILES string of the molecule is CC(C)[N-]C(C)C.CC(C)[N-]C(C)C.C[CH2][Al+][CH2]C.C[CH2][Al+][CH2]C. The summed E-state index contributed by atoms with van der Waals surface area (Å²) in [4.78, 5) is 0. The van der Waals surface area contributed by atoms with Gasteiger partial charge >= 0.3 is 79.3 Å². The van der Waals surface area contributed by atoms with Gasteiger partial charge in [0.2, 0.25) is 0 Å². The fourth-order valence-electron chi connectivity index (χ4n) is 1.77. The molecule has 0 spiro atoms. The molecular formula is C20H48Al2N2. The van der Waals surface area contributed by atoms with E-state index in [1.54, 1.807) is 0 Å². The van der Waals surface area contributed by atoms with Gasteiger partial charge in [0.1, 0.15) is 0 Å². The summed E-state index contributed by atoms with van der Waals surface area (Å²) in [5.41, 5.74) is 0. The summed E-state index contributed by atoms with van der Waals surface area (Å²) in [6.45, 7) is 25.8. The van der Waals surface area contributed by atoms with Crippen LogP contribution in [0.2, 0.25) is 21.1 Å². The van der Waals surface area contributed by atoms with Crippen LogP contribution in [0.1, 0.15) is 83.1 Å². The quantitative estimate of drug-likeness (QED) is 0.396. The molecule has 0 aliphatic heterocycles. The van der Waals surface area contributed by atoms with Crippen molar-refractivity contribution in [2.45, 2.75) is 128 Å². The van der Waals surface area contributed by atoms with Crippen LogP contribution in [-0.2, 0) is 0 Å². The molecule has 4 heteroatoms. The van der Waals surface area contributed by atoms with Gasteiger partial charge in [-0.2, -0.15) is 0 Å². The van der Waals surface area contributed by atoms with Crippen molar-refractivity contribution in [2.24, 2.45) is 0 Å². The third-order valence-electron chi connectivity index (χ3n) is 2.35. The minimum atomic E-state index is 0.500. The Morgan fingerprint density at radius 3 is 0.625 bits per heavy atom. The van der Waals surface area contributed by atoms with Gasteiger partial charge in [-0.15, -0.1) is 24.2 Å². The van der Waals surface area contributed by atoms with Crippen molar-refractivity contribution >= 4 is 30.4 Å². The van der Waals surface area contributed by atoms with E-state index >= 15 is 0 Å². The number of hydrogen-bond acceptors (Lipinski definition) is 0. The maximum atomic E-state index is 4.28. The van der Waals surface area contributed by atoms with Crippen LogP contribution in [0.4, 0.5) is 0 Å². The maximum absolute atomic E-state index is 4.28. The van der Waals surface area contributed by atoms with Crippen LogP contribution in [0.25, 0.3) is 10.6 Å². The first-order chi connectivity index (χ1) is 11.1. The van der Waals surface area contributed by atoms with Crippen LogP contribution in [0, 0.1) is 0 Å². The van der Waals surface area contributed by atoms with Crippen LogP contribution in [0.3, 0.4) is 0 Å². The minimum absolute atomic E-state index is 0.500. The Morgan fingerprint density at radius 1 is 0.458 bits per heavy atom. The molecule has 0 aromatic carbocycles. The Morgan fingerprint density at radius 2 is 0.625 bits per heavy atom. The van der Waals surface area contributed by atoms with Crippen molar-refractivity contribution in [3.05, 3.63) is 10.6 Å². The Balaban J connectivity index is -0.000000113. The molecule has 24 heavy (non-hydrogen) atoms. The topological polar surface area (TPSA) is 28.2 Å². The van der Waals surface area contributed by atoms with Gasteiger partial charge in [0, 0.05) is 0 Å². The van der Waals surface area contributed by atoms with Crippen LogP contribution < -0.4 is 0 Å². The molecule has 0 aromatic rings. The number of hydrogen-bond donors (Lipinski definition) is 0. The van der Waals surface area contributed by atoms with Gasteiger partial charge in [-0.3, -0.25) is 0 Å². The van der Waals surface area contributed by atoms with Crippen LogP contribution in [0.15, 0.2) is 0 Å². The van der Waals surface area contributed by atoms with Crippen LogP contribution in [0.5, 0.6) is 0 Å². The van der Waals surface area contributed by atoms with E-state index in [0.29, 0.717) is 24.2 Å². The van der Waals surface area contributed by atoms with E-state index in [1.807, 2.05) is 0 Å². The Labute approximate surface area is 169 Å². The molecule has 0 aromatic heterocycles. The average Bonchev–Trinajstić information content (AvgIpc) is 2.39. The van der Waals surface area contributed by atoms with Crippen LogP contribution >= 0.6 is 0 Å². The molecule has 0 saturated carbocycles. The first kappa shape index (κ1) is 32.6. The molecule has 0 radical (unpaired) electrons. The third-order valence-corrected chi connectivity index (χ3v) is 4.66. The molecular weight excluding hydrogens is 322 g/mol. The van der Waals surface area contributed by atoms with E-state index in [2.05, 4.69) is 93.7 Å². The third kappa shape index (κ3) is 65.9. The summed E-state index contributed by atoms with van der Waals surface area (Å²) in [6.07, 6.45) is 0. The van der Waals surface area contributed by atoms with Crippen molar-refractivity contribution in [1.29, 1.82) is 0 Å². The Kier molecular flexibility index (Phi) is 39.1. The van der Waals surface area contributed by atoms with Gasteiger partial charge in [-0.25, -0.2) is 0 Å². The molecule has 0 aliphatic carbocycles. The predicted molar refractivity (Wildman–Crippen MR) is 121 cm³/mol. The summed E-state index contributed by atoms with van der Waals surface area (Å²) in [5, 5.41) is 14.3. The second-order valence-corrected chi connectivity index (χ2v) is 11.3. The van der Waals surface area contributed by atoms with Gasteiger partial charge in [0.25, 0.3) is 0 Å². The van der Waals surface area contributed by atoms with Crippen molar-refractivity contribution in [3.8, 4) is 0 Å². The number of nitrogens with zero attached hydrogens (tertiary/aromatic N) is 2. The first-order valence-electron chi connectivity index (χ1n) is 10.1. The second kappa shape index (κ2) is 28.8. The van der Waals surface area contributed by atoms with E-state index < -0.39 is 0 Å². The van der Waals surface area contributed by atoms with E-state index in [9.17, 15) is 0 Å². The van der Waals surface area contributed by atoms with Crippen molar-refractivity contribution in [3.63, 3.8) is 0 Å². The fourth-order valence-corrected chi connectivity index (χ4v) is 2.92. The zero-order valence-electron chi connectivity index (χ0n) is 19.2. The van der Waals surface area contributed by atoms with Gasteiger partial charge in [0.15, 0.2) is 0 Å². The zero-order chi connectivity index (χ0) is 20.0. The molecule has 0 bridgehead atoms. The summed E-state index contributed by atoms with van der Waals surface area (Å²) in [7, 11) is 0. The molecule has 144 valence electrons. The van der Waals surface area contributed by atoms with Gasteiger partial charge in [-0.1, -0.05) is 55.4 Å². The van der Waals surface area contributed by atoms with E-state index in [-0.39, 0.29) is 0 Å². The summed E-state index contributed by atoms with van der Waals surface area (Å²) in [6, 6.07) is 2.00. The first-order valence-corrected chi connectivity index (χ1v) is 13.4. The fraction of sp³-hybridized carbons (Fsp3) is 1.00. The standard InChI is InChI=1S/2C6H14N.4C2H5.2Al/c2*1-5(2)7-6(3)4;4*1-2;;/h2*5-6H,1-4H3;4*1H2,2H3;;/q2*-1;;;;;2*+1. The second-order valence-electron chi connectivity index (χ2n) is 6.88. The normalized spacial score (nSPS) is 9.33. The summed E-state index contributed by atoms with van der Waals surface area (Å²) >= 11 is 1.63. The van der Waals surface area contributed by atoms with E-state index in [1.165, 1.54) is 21.1 Å². The van der Waals surface area contributed by atoms with Crippen LogP contribution in [-0.4, -0.2) is 54.6 Å². The molecule has 0 aliphatic rings. The van der Waals surface area contributed by atoms with Crippen molar-refractivity contribution in [2.75, 3.05) is 0 Å². The van der Waals surface area contributed by atoms with Gasteiger partial charge in [-0.05, 0) is 0 Å². The van der Waals surface area contributed by atoms with Crippen molar-refractivity contribution in [1.82, 2.24) is 0 Å². The van der Waals surface area contributed by atoms with Gasteiger partial charge < -0.3 is 10.6 Å². The van der Waals surface area contributed by atoms with Crippen molar-refractivity contribution < 1.29 is 0 Å². The van der Waals surface area contributed by atoms with E-state index in [0.717, 1.165) is 30.4 Å². The molecule has 0 rings (SSSR count). The number of rotatable bonds is 8. The Bertz CT molecular complexity index is 148. The summed E-state index contributed by atoms with van der Waals surface area (Å²) in [5.74, 6) is 0. The predicted octanol–water partition coefficient (Wildman–Crippen LogP) is 7.49. The molecule has 0 heterocycles. The Hall–Kier alpha value is 0.985. The molecule has 2 nitrogen and oxygen atoms in total. The molecule has 0 unspecified atom stereocenters. The average molecular weight is 371 g/mol. The molecule has 0 fully saturated rings. The monoisotopic (exact) mass is 370 g/mol. The summed E-state index contributed by atoms with van der Waals surface area (Å²) < 4.78 is 0. The molecule has 0 amide bonds. The molecule has 0 saturated heterocycles. The van der Waals surface area contributed by atoms with E-state index in [4.69, 9.17) is 0 Å². The molecule has 0 atom stereocenters. The zero-order valence-corrected chi connectivity index (χ0v) is 21.5. The molecule has 0 N–H and O–H groups in total.